The van der Waals surface area contributed by atoms with Gasteiger partial charge in [-0.3, -0.25) is 9.59 Å². The summed E-state index contributed by atoms with van der Waals surface area (Å²) in [5, 5.41) is 6.55. The Bertz CT molecular complexity index is 785. The summed E-state index contributed by atoms with van der Waals surface area (Å²) in [5.74, 6) is -0.598. The summed E-state index contributed by atoms with van der Waals surface area (Å²) >= 11 is 0. The molecule has 0 saturated heterocycles. The first-order valence-corrected chi connectivity index (χ1v) is 8.27. The van der Waals surface area contributed by atoms with Gasteiger partial charge in [-0.25, -0.2) is 0 Å². The summed E-state index contributed by atoms with van der Waals surface area (Å²) in [6.45, 7) is 3.65. The van der Waals surface area contributed by atoms with Gasteiger partial charge < -0.3 is 15.1 Å². The molecule has 6 nitrogen and oxygen atoms in total. The lowest BCUT2D eigenvalue weighted by molar-refractivity contribution is -0.137. The topological polar surface area (TPSA) is 71.0 Å². The first kappa shape index (κ1) is 19.2. The van der Waals surface area contributed by atoms with Gasteiger partial charge in [-0.15, -0.1) is 0 Å². The smallest absolute Gasteiger partial charge is 0.263 e. The van der Waals surface area contributed by atoms with Crippen LogP contribution in [0.15, 0.2) is 53.7 Å². The number of hydrogen-bond acceptors (Lipinski definition) is 4. The molecule has 2 aromatic carbocycles. The Hall–Kier alpha value is -3.15. The van der Waals surface area contributed by atoms with Gasteiger partial charge in [-0.1, -0.05) is 47.1 Å². The highest BCUT2D eigenvalue weighted by molar-refractivity contribution is 5.94. The maximum absolute atomic E-state index is 12.0. The van der Waals surface area contributed by atoms with Crippen LogP contribution >= 0.6 is 0 Å². The predicted octanol–water partition coefficient (Wildman–Crippen LogP) is 2.75. The fourth-order valence-electron chi connectivity index (χ4n) is 2.17. The molecule has 0 aromatic heterocycles. The van der Waals surface area contributed by atoms with Crippen LogP contribution in [0.5, 0.6) is 0 Å². The number of anilines is 1. The van der Waals surface area contributed by atoms with E-state index in [1.807, 2.05) is 62.4 Å². The van der Waals surface area contributed by atoms with Crippen molar-refractivity contribution in [2.75, 3.05) is 25.5 Å². The zero-order valence-corrected chi connectivity index (χ0v) is 15.2. The molecule has 0 aliphatic carbocycles. The van der Waals surface area contributed by atoms with Gasteiger partial charge in [0.25, 0.3) is 5.91 Å². The quantitative estimate of drug-likeness (QED) is 0.615. The van der Waals surface area contributed by atoms with E-state index in [9.17, 15) is 9.59 Å². The Morgan fingerprint density at radius 2 is 1.81 bits per heavy atom. The number of aryl methyl sites for hydroxylation is 2. The van der Waals surface area contributed by atoms with E-state index in [0.29, 0.717) is 5.69 Å². The maximum atomic E-state index is 12.0. The van der Waals surface area contributed by atoms with Crippen LogP contribution in [0.4, 0.5) is 5.69 Å². The molecule has 0 bridgehead atoms. The fourth-order valence-corrected chi connectivity index (χ4v) is 2.17. The third kappa shape index (κ3) is 6.05. The summed E-state index contributed by atoms with van der Waals surface area (Å²) in [6.07, 6.45) is 1.56. The fraction of sp³-hybridized carbons (Fsp3) is 0.250. The summed E-state index contributed by atoms with van der Waals surface area (Å²) in [7, 11) is 1.55. The Morgan fingerprint density at radius 3 is 2.50 bits per heavy atom. The average molecular weight is 353 g/mol. The van der Waals surface area contributed by atoms with Gasteiger partial charge in [0.1, 0.15) is 0 Å². The third-order valence-corrected chi connectivity index (χ3v) is 3.78. The normalized spacial score (nSPS) is 10.6. The van der Waals surface area contributed by atoms with Crippen molar-refractivity contribution in [2.45, 2.75) is 13.8 Å². The Kier molecular flexibility index (Phi) is 6.91. The summed E-state index contributed by atoms with van der Waals surface area (Å²) in [4.78, 5) is 30.3. The minimum atomic E-state index is -0.328. The minimum Gasteiger partial charge on any atom is -0.386 e. The molecule has 0 saturated carbocycles. The van der Waals surface area contributed by atoms with Gasteiger partial charge in [0.15, 0.2) is 6.61 Å². The number of nitrogens with one attached hydrogen (secondary N) is 1. The van der Waals surface area contributed by atoms with Crippen molar-refractivity contribution in [3.05, 3.63) is 65.2 Å². The molecule has 0 atom stereocenters. The number of hydrogen-bond donors (Lipinski definition) is 1. The average Bonchev–Trinajstić information content (AvgIpc) is 2.61. The minimum absolute atomic E-state index is 0.0580. The number of rotatable bonds is 7. The number of oxime groups is 1. The number of amides is 2. The van der Waals surface area contributed by atoms with Crippen LogP contribution in [0.2, 0.25) is 0 Å². The molecule has 0 unspecified atom stereocenters. The zero-order chi connectivity index (χ0) is 18.9. The molecule has 2 rings (SSSR count). The second kappa shape index (κ2) is 9.36. The highest BCUT2D eigenvalue weighted by Gasteiger charge is 2.13. The van der Waals surface area contributed by atoms with E-state index in [1.165, 1.54) is 4.90 Å². The zero-order valence-electron chi connectivity index (χ0n) is 15.2. The predicted molar refractivity (Wildman–Crippen MR) is 102 cm³/mol. The molecule has 0 heterocycles. The second-order valence-electron chi connectivity index (χ2n) is 6.03. The molecule has 26 heavy (non-hydrogen) atoms. The Balaban J connectivity index is 1.75. The molecular formula is C20H23N3O3. The molecule has 2 aromatic rings. The van der Waals surface area contributed by atoms with Gasteiger partial charge in [0.2, 0.25) is 5.91 Å². The SMILES string of the molecule is Cc1ccc(NC(=O)CN(C)C(=O)CO/N=C\c2ccccc2C)cc1. The number of carbonyl (C=O) groups is 2. The number of likely N-dealkylation sites (N-methyl/N-ethyl adjacent to an activating group) is 1. The van der Waals surface area contributed by atoms with Gasteiger partial charge in [0, 0.05) is 12.7 Å². The van der Waals surface area contributed by atoms with Crippen LogP contribution in [0.25, 0.3) is 0 Å². The van der Waals surface area contributed by atoms with E-state index in [0.717, 1.165) is 16.7 Å². The first-order valence-electron chi connectivity index (χ1n) is 8.27. The van der Waals surface area contributed by atoms with E-state index >= 15 is 0 Å². The van der Waals surface area contributed by atoms with Crippen LogP contribution < -0.4 is 5.32 Å². The lowest BCUT2D eigenvalue weighted by Crippen LogP contribution is -2.36. The second-order valence-corrected chi connectivity index (χ2v) is 6.03. The monoisotopic (exact) mass is 353 g/mol. The lowest BCUT2D eigenvalue weighted by Gasteiger charge is -2.16. The van der Waals surface area contributed by atoms with Gasteiger partial charge in [-0.2, -0.15) is 0 Å². The van der Waals surface area contributed by atoms with E-state index in [1.54, 1.807) is 13.3 Å². The van der Waals surface area contributed by atoms with Crippen LogP contribution in [0.3, 0.4) is 0 Å². The highest BCUT2D eigenvalue weighted by Crippen LogP contribution is 2.08. The number of benzene rings is 2. The molecule has 0 radical (unpaired) electrons. The van der Waals surface area contributed by atoms with Crippen molar-refractivity contribution in [3.63, 3.8) is 0 Å². The Labute approximate surface area is 153 Å². The molecule has 136 valence electrons. The summed E-state index contributed by atoms with van der Waals surface area (Å²) < 4.78 is 0. The molecule has 0 spiro atoms. The van der Waals surface area contributed by atoms with Crippen LogP contribution in [-0.2, 0) is 14.4 Å². The molecule has 6 heteroatoms. The Morgan fingerprint density at radius 1 is 1.12 bits per heavy atom. The molecule has 1 N–H and O–H groups in total. The lowest BCUT2D eigenvalue weighted by atomic mass is 10.1. The van der Waals surface area contributed by atoms with Gasteiger partial charge in [0.05, 0.1) is 12.8 Å². The van der Waals surface area contributed by atoms with Crippen molar-refractivity contribution in [2.24, 2.45) is 5.16 Å². The first-order chi connectivity index (χ1) is 12.5. The van der Waals surface area contributed by atoms with E-state index in [4.69, 9.17) is 4.84 Å². The summed E-state index contributed by atoms with van der Waals surface area (Å²) in [5.41, 5.74) is 3.79. The standard InChI is InChI=1S/C20H23N3O3/c1-15-8-10-18(11-9-15)22-19(24)13-23(3)20(25)14-26-21-12-17-7-5-4-6-16(17)2/h4-12H,13-14H2,1-3H3,(H,22,24)/b21-12-. The molecule has 0 aliphatic rings. The van der Waals surface area contributed by atoms with Gasteiger partial charge in [-0.05, 0) is 37.1 Å². The molecular weight excluding hydrogens is 330 g/mol. The molecule has 0 fully saturated rings. The van der Waals surface area contributed by atoms with Crippen molar-refractivity contribution < 1.29 is 14.4 Å². The molecule has 2 amide bonds. The summed E-state index contributed by atoms with van der Waals surface area (Å²) in [6, 6.07) is 15.2. The maximum Gasteiger partial charge on any atom is 0.263 e. The van der Waals surface area contributed by atoms with Crippen molar-refractivity contribution in [1.82, 2.24) is 4.90 Å². The third-order valence-electron chi connectivity index (χ3n) is 3.78. The van der Waals surface area contributed by atoms with Crippen LogP contribution in [0.1, 0.15) is 16.7 Å². The van der Waals surface area contributed by atoms with E-state index < -0.39 is 0 Å². The number of carbonyl (C=O) groups excluding carboxylic acids is 2. The van der Waals surface area contributed by atoms with Crippen LogP contribution in [-0.4, -0.2) is 43.1 Å². The van der Waals surface area contributed by atoms with Crippen molar-refractivity contribution in [3.8, 4) is 0 Å². The number of nitrogens with zero attached hydrogens (tertiary/aromatic N) is 2. The van der Waals surface area contributed by atoms with Gasteiger partial charge >= 0.3 is 0 Å². The van der Waals surface area contributed by atoms with Crippen molar-refractivity contribution in [1.29, 1.82) is 0 Å². The molecule has 0 aliphatic heterocycles. The van der Waals surface area contributed by atoms with E-state index in [2.05, 4.69) is 10.5 Å². The van der Waals surface area contributed by atoms with Crippen molar-refractivity contribution >= 4 is 23.7 Å². The van der Waals surface area contributed by atoms with Crippen LogP contribution in [0, 0.1) is 13.8 Å². The highest BCUT2D eigenvalue weighted by atomic mass is 16.6. The largest absolute Gasteiger partial charge is 0.386 e. The van der Waals surface area contributed by atoms with E-state index in [-0.39, 0.29) is 25.0 Å².